The maximum Gasteiger partial charge on any atom is 0.326 e. The molecule has 0 spiro atoms. The molecule has 7 heteroatoms. The van der Waals surface area contributed by atoms with Crippen LogP contribution in [-0.4, -0.2) is 33.1 Å². The second kappa shape index (κ2) is 6.14. The normalized spacial score (nSPS) is 16.9. The van der Waals surface area contributed by atoms with Crippen LogP contribution in [0.5, 0.6) is 0 Å². The molecule has 1 fully saturated rings. The van der Waals surface area contributed by atoms with E-state index in [1.807, 2.05) is 0 Å². The first kappa shape index (κ1) is 16.3. The summed E-state index contributed by atoms with van der Waals surface area (Å²) in [6, 6.07) is 4.94. The van der Waals surface area contributed by atoms with E-state index in [0.29, 0.717) is 29.4 Å². The Hall–Kier alpha value is -2.57. The molecule has 1 amide bonds. The number of aromatic amines is 1. The third kappa shape index (κ3) is 2.81. The van der Waals surface area contributed by atoms with E-state index in [4.69, 9.17) is 0 Å². The molecule has 0 bridgehead atoms. The maximum atomic E-state index is 12.4. The van der Waals surface area contributed by atoms with E-state index in [2.05, 4.69) is 10.3 Å². The number of aliphatic carboxylic acids is 1. The van der Waals surface area contributed by atoms with Crippen LogP contribution >= 0.6 is 0 Å². The standard InChI is InChI=1S/C17H21N3O4/c1-20-13-9-11(5-6-12(13)19-16(20)24)14(21)18-10-17(15(22)23)7-3-2-4-8-17/h5-6,9H,2-4,7-8,10H2,1H3,(H,18,21)(H,19,24)(H,22,23). The van der Waals surface area contributed by atoms with Gasteiger partial charge in [-0.25, -0.2) is 4.79 Å². The molecule has 1 aliphatic carbocycles. The van der Waals surface area contributed by atoms with Crippen molar-refractivity contribution >= 4 is 22.9 Å². The van der Waals surface area contributed by atoms with Crippen LogP contribution in [0.2, 0.25) is 0 Å². The number of nitrogens with zero attached hydrogens (tertiary/aromatic N) is 1. The van der Waals surface area contributed by atoms with Gasteiger partial charge in [0.05, 0.1) is 16.4 Å². The summed E-state index contributed by atoms with van der Waals surface area (Å²) in [7, 11) is 1.63. The number of rotatable bonds is 4. The highest BCUT2D eigenvalue weighted by Crippen LogP contribution is 2.36. The molecule has 1 aromatic carbocycles. The lowest BCUT2D eigenvalue weighted by Crippen LogP contribution is -2.44. The number of carboxylic acids is 1. The van der Waals surface area contributed by atoms with E-state index in [-0.39, 0.29) is 18.1 Å². The molecule has 0 unspecified atom stereocenters. The average molecular weight is 331 g/mol. The fraction of sp³-hybridized carbons (Fsp3) is 0.471. The summed E-state index contributed by atoms with van der Waals surface area (Å²) in [5.41, 5.74) is 0.605. The van der Waals surface area contributed by atoms with Gasteiger partial charge in [-0.3, -0.25) is 14.2 Å². The highest BCUT2D eigenvalue weighted by atomic mass is 16.4. The van der Waals surface area contributed by atoms with Crippen molar-refractivity contribution in [1.82, 2.24) is 14.9 Å². The van der Waals surface area contributed by atoms with Crippen LogP contribution in [0.25, 0.3) is 11.0 Å². The van der Waals surface area contributed by atoms with Gasteiger partial charge in [0.1, 0.15) is 0 Å². The zero-order chi connectivity index (χ0) is 17.3. The van der Waals surface area contributed by atoms with Gasteiger partial charge in [0.2, 0.25) is 0 Å². The van der Waals surface area contributed by atoms with Gasteiger partial charge in [0.15, 0.2) is 0 Å². The Bertz CT molecular complexity index is 843. The first-order chi connectivity index (χ1) is 11.4. The number of imidazole rings is 1. The van der Waals surface area contributed by atoms with Crippen LogP contribution < -0.4 is 11.0 Å². The Morgan fingerprint density at radius 3 is 2.67 bits per heavy atom. The molecule has 0 aliphatic heterocycles. The van der Waals surface area contributed by atoms with Crippen molar-refractivity contribution < 1.29 is 14.7 Å². The van der Waals surface area contributed by atoms with E-state index >= 15 is 0 Å². The largest absolute Gasteiger partial charge is 0.481 e. The summed E-state index contributed by atoms with van der Waals surface area (Å²) < 4.78 is 1.44. The Morgan fingerprint density at radius 1 is 1.29 bits per heavy atom. The zero-order valence-electron chi connectivity index (χ0n) is 13.6. The minimum atomic E-state index is -0.862. The lowest BCUT2D eigenvalue weighted by molar-refractivity contribution is -0.150. The highest BCUT2D eigenvalue weighted by Gasteiger charge is 2.39. The molecule has 3 N–H and O–H groups in total. The van der Waals surface area contributed by atoms with Crippen molar-refractivity contribution in [2.45, 2.75) is 32.1 Å². The molecule has 0 atom stereocenters. The molecule has 1 heterocycles. The number of benzene rings is 1. The molecule has 128 valence electrons. The molecule has 24 heavy (non-hydrogen) atoms. The van der Waals surface area contributed by atoms with Crippen LogP contribution in [0.3, 0.4) is 0 Å². The number of aromatic nitrogens is 2. The van der Waals surface area contributed by atoms with Crippen LogP contribution in [0.15, 0.2) is 23.0 Å². The minimum Gasteiger partial charge on any atom is -0.481 e. The molecule has 1 saturated carbocycles. The van der Waals surface area contributed by atoms with Crippen LogP contribution in [0, 0.1) is 5.41 Å². The van der Waals surface area contributed by atoms with E-state index in [9.17, 15) is 19.5 Å². The van der Waals surface area contributed by atoms with Gasteiger partial charge < -0.3 is 15.4 Å². The number of carboxylic acid groups (broad SMARTS) is 1. The molecule has 7 nitrogen and oxygen atoms in total. The van der Waals surface area contributed by atoms with Crippen molar-refractivity contribution in [3.05, 3.63) is 34.2 Å². The van der Waals surface area contributed by atoms with Crippen molar-refractivity contribution in [2.24, 2.45) is 12.5 Å². The first-order valence-corrected chi connectivity index (χ1v) is 8.13. The molecule has 0 radical (unpaired) electrons. The number of carbonyl (C=O) groups excluding carboxylic acids is 1. The summed E-state index contributed by atoms with van der Waals surface area (Å²) in [6.07, 6.45) is 3.97. The van der Waals surface area contributed by atoms with Crippen LogP contribution in [0.1, 0.15) is 42.5 Å². The van der Waals surface area contributed by atoms with E-state index in [1.165, 1.54) is 4.57 Å². The lowest BCUT2D eigenvalue weighted by Gasteiger charge is -2.33. The average Bonchev–Trinajstić information content (AvgIpc) is 2.87. The lowest BCUT2D eigenvalue weighted by atomic mass is 9.74. The van der Waals surface area contributed by atoms with Crippen molar-refractivity contribution in [1.29, 1.82) is 0 Å². The third-order valence-corrected chi connectivity index (χ3v) is 5.02. The maximum absolute atomic E-state index is 12.4. The number of hydrogen-bond donors (Lipinski definition) is 3. The SMILES string of the molecule is Cn1c(=O)[nH]c2ccc(C(=O)NCC3(C(=O)O)CCCCC3)cc21. The molecule has 2 aromatic rings. The smallest absolute Gasteiger partial charge is 0.326 e. The monoisotopic (exact) mass is 331 g/mol. The van der Waals surface area contributed by atoms with Gasteiger partial charge in [-0.1, -0.05) is 19.3 Å². The minimum absolute atomic E-state index is 0.130. The first-order valence-electron chi connectivity index (χ1n) is 8.13. The fourth-order valence-corrected chi connectivity index (χ4v) is 3.41. The number of nitrogens with one attached hydrogen (secondary N) is 2. The topological polar surface area (TPSA) is 104 Å². The number of aryl methyl sites for hydroxylation is 1. The Morgan fingerprint density at radius 2 is 2.00 bits per heavy atom. The van der Waals surface area contributed by atoms with Gasteiger partial charge in [-0.15, -0.1) is 0 Å². The van der Waals surface area contributed by atoms with E-state index in [0.717, 1.165) is 19.3 Å². The Balaban J connectivity index is 1.78. The summed E-state index contributed by atoms with van der Waals surface area (Å²) in [5.74, 6) is -1.16. The number of carbonyl (C=O) groups is 2. The predicted molar refractivity (Wildman–Crippen MR) is 89.0 cm³/mol. The van der Waals surface area contributed by atoms with Crippen LogP contribution in [0.4, 0.5) is 0 Å². The molecule has 1 aliphatic rings. The molecule has 3 rings (SSSR count). The second-order valence-corrected chi connectivity index (χ2v) is 6.55. The molecule has 0 saturated heterocycles. The summed E-state index contributed by atoms with van der Waals surface area (Å²) in [4.78, 5) is 38.4. The van der Waals surface area contributed by atoms with Gasteiger partial charge in [0.25, 0.3) is 5.91 Å². The third-order valence-electron chi connectivity index (χ3n) is 5.02. The number of amides is 1. The highest BCUT2D eigenvalue weighted by molar-refractivity contribution is 5.97. The summed E-state index contributed by atoms with van der Waals surface area (Å²) in [5, 5.41) is 12.3. The second-order valence-electron chi connectivity index (χ2n) is 6.55. The number of H-pyrrole nitrogens is 1. The Kier molecular flexibility index (Phi) is 4.17. The number of fused-ring (bicyclic) bond motifs is 1. The number of hydrogen-bond acceptors (Lipinski definition) is 3. The molecular formula is C17H21N3O4. The van der Waals surface area contributed by atoms with Crippen molar-refractivity contribution in [3.63, 3.8) is 0 Å². The van der Waals surface area contributed by atoms with E-state index < -0.39 is 11.4 Å². The molecule has 1 aromatic heterocycles. The summed E-state index contributed by atoms with van der Waals surface area (Å²) >= 11 is 0. The van der Waals surface area contributed by atoms with Crippen LogP contribution in [-0.2, 0) is 11.8 Å². The predicted octanol–water partition coefficient (Wildman–Crippen LogP) is 1.63. The van der Waals surface area contributed by atoms with Gasteiger partial charge in [-0.05, 0) is 31.0 Å². The van der Waals surface area contributed by atoms with Gasteiger partial charge in [-0.2, -0.15) is 0 Å². The van der Waals surface area contributed by atoms with Gasteiger partial charge >= 0.3 is 11.7 Å². The Labute approximate surface area is 138 Å². The van der Waals surface area contributed by atoms with E-state index in [1.54, 1.807) is 25.2 Å². The fourth-order valence-electron chi connectivity index (χ4n) is 3.41. The quantitative estimate of drug-likeness (QED) is 0.792. The van der Waals surface area contributed by atoms with Gasteiger partial charge in [0, 0.05) is 19.2 Å². The summed E-state index contributed by atoms with van der Waals surface area (Å²) in [6.45, 7) is 0.130. The van der Waals surface area contributed by atoms with Crippen molar-refractivity contribution in [3.8, 4) is 0 Å². The van der Waals surface area contributed by atoms with Crippen molar-refractivity contribution in [2.75, 3.05) is 6.54 Å². The molecular weight excluding hydrogens is 310 g/mol. The zero-order valence-corrected chi connectivity index (χ0v) is 13.6.